The van der Waals surface area contributed by atoms with E-state index in [1.165, 1.54) is 0 Å². The molecule has 0 saturated carbocycles. The van der Waals surface area contributed by atoms with Gasteiger partial charge in [0.15, 0.2) is 5.78 Å². The SMILES string of the molecule is CC1(CCCCCC(=O)O)CCc2cc(-c3ccccn3)ccc2C1=O. The van der Waals surface area contributed by atoms with Gasteiger partial charge in [-0.05, 0) is 49.4 Å². The number of carbonyl (C=O) groups is 2. The maximum Gasteiger partial charge on any atom is 0.303 e. The van der Waals surface area contributed by atoms with Crippen molar-refractivity contribution in [2.45, 2.75) is 51.9 Å². The van der Waals surface area contributed by atoms with Gasteiger partial charge in [0.25, 0.3) is 0 Å². The summed E-state index contributed by atoms with van der Waals surface area (Å²) in [5.41, 5.74) is 3.59. The van der Waals surface area contributed by atoms with Crippen molar-refractivity contribution in [1.29, 1.82) is 0 Å². The van der Waals surface area contributed by atoms with Gasteiger partial charge in [0.1, 0.15) is 0 Å². The van der Waals surface area contributed by atoms with Crippen LogP contribution in [0, 0.1) is 5.41 Å². The monoisotopic (exact) mass is 351 g/mol. The number of ketones is 1. The number of fused-ring (bicyclic) bond motifs is 1. The van der Waals surface area contributed by atoms with Crippen molar-refractivity contribution in [3.05, 3.63) is 53.7 Å². The van der Waals surface area contributed by atoms with Crippen molar-refractivity contribution in [3.63, 3.8) is 0 Å². The molecule has 1 aliphatic rings. The van der Waals surface area contributed by atoms with E-state index in [1.807, 2.05) is 30.3 Å². The van der Waals surface area contributed by atoms with Crippen LogP contribution in [0.5, 0.6) is 0 Å². The van der Waals surface area contributed by atoms with Gasteiger partial charge in [-0.25, -0.2) is 0 Å². The zero-order valence-corrected chi connectivity index (χ0v) is 15.2. The predicted molar refractivity (Wildman–Crippen MR) is 101 cm³/mol. The van der Waals surface area contributed by atoms with Gasteiger partial charge in [0.2, 0.25) is 0 Å². The summed E-state index contributed by atoms with van der Waals surface area (Å²) in [6, 6.07) is 11.9. The van der Waals surface area contributed by atoms with E-state index in [4.69, 9.17) is 5.11 Å². The molecule has 0 amide bonds. The van der Waals surface area contributed by atoms with Crippen LogP contribution in [0.3, 0.4) is 0 Å². The number of rotatable bonds is 7. The minimum Gasteiger partial charge on any atom is -0.481 e. The maximum atomic E-state index is 13.0. The average molecular weight is 351 g/mol. The standard InChI is InChI=1S/C22H25NO3/c1-22(12-5-2-3-8-20(24)25)13-11-16-15-17(9-10-18(16)21(22)26)19-7-4-6-14-23-19/h4,6-7,9-10,14-15H,2-3,5,8,11-13H2,1H3,(H,24,25). The summed E-state index contributed by atoms with van der Waals surface area (Å²) in [4.78, 5) is 28.0. The summed E-state index contributed by atoms with van der Waals surface area (Å²) in [5.74, 6) is -0.521. The highest BCUT2D eigenvalue weighted by Crippen LogP contribution is 2.40. The molecule has 1 aromatic carbocycles. The maximum absolute atomic E-state index is 13.0. The Morgan fingerprint density at radius 3 is 2.77 bits per heavy atom. The average Bonchev–Trinajstić information content (AvgIpc) is 2.65. The Balaban J connectivity index is 1.69. The predicted octanol–water partition coefficient (Wildman–Crippen LogP) is 4.92. The molecule has 0 spiro atoms. The van der Waals surface area contributed by atoms with Gasteiger partial charge in [-0.15, -0.1) is 0 Å². The van der Waals surface area contributed by atoms with Crippen LogP contribution in [-0.2, 0) is 11.2 Å². The van der Waals surface area contributed by atoms with Crippen LogP contribution in [0.1, 0.15) is 61.4 Å². The van der Waals surface area contributed by atoms with Gasteiger partial charge in [0.05, 0.1) is 5.69 Å². The fraction of sp³-hybridized carbons (Fsp3) is 0.409. The lowest BCUT2D eigenvalue weighted by atomic mass is 9.69. The number of benzene rings is 1. The Morgan fingerprint density at radius 1 is 1.19 bits per heavy atom. The van der Waals surface area contributed by atoms with Gasteiger partial charge < -0.3 is 5.11 Å². The van der Waals surface area contributed by atoms with Crippen molar-refractivity contribution in [3.8, 4) is 11.3 Å². The van der Waals surface area contributed by atoms with E-state index < -0.39 is 5.97 Å². The Morgan fingerprint density at radius 2 is 2.04 bits per heavy atom. The zero-order chi connectivity index (χ0) is 18.6. The van der Waals surface area contributed by atoms with E-state index in [0.29, 0.717) is 6.42 Å². The van der Waals surface area contributed by atoms with Crippen LogP contribution < -0.4 is 0 Å². The molecule has 1 heterocycles. The first-order valence-corrected chi connectivity index (χ1v) is 9.30. The Kier molecular flexibility index (Phi) is 5.50. The molecule has 2 aromatic rings. The number of aryl methyl sites for hydroxylation is 1. The fourth-order valence-electron chi connectivity index (χ4n) is 3.77. The largest absolute Gasteiger partial charge is 0.481 e. The molecule has 1 aromatic heterocycles. The molecule has 1 unspecified atom stereocenters. The van der Waals surface area contributed by atoms with Crippen molar-refractivity contribution in [1.82, 2.24) is 4.98 Å². The van der Waals surface area contributed by atoms with Crippen LogP contribution in [-0.4, -0.2) is 21.8 Å². The molecule has 136 valence electrons. The first-order valence-electron chi connectivity index (χ1n) is 9.30. The molecule has 1 N–H and O–H groups in total. The quantitative estimate of drug-likeness (QED) is 0.719. The van der Waals surface area contributed by atoms with E-state index >= 15 is 0 Å². The molecule has 1 aliphatic carbocycles. The van der Waals surface area contributed by atoms with Crippen LogP contribution in [0.4, 0.5) is 0 Å². The number of carboxylic acids is 1. The minimum atomic E-state index is -0.748. The summed E-state index contributed by atoms with van der Waals surface area (Å²) < 4.78 is 0. The summed E-state index contributed by atoms with van der Waals surface area (Å²) in [6.07, 6.45) is 7.01. The molecule has 3 rings (SSSR count). The molecule has 0 radical (unpaired) electrons. The first kappa shape index (κ1) is 18.3. The van der Waals surface area contributed by atoms with Gasteiger partial charge in [-0.2, -0.15) is 0 Å². The third kappa shape index (κ3) is 4.01. The topological polar surface area (TPSA) is 67.3 Å². The molecule has 4 heteroatoms. The zero-order valence-electron chi connectivity index (χ0n) is 15.2. The minimum absolute atomic E-state index is 0.212. The molecule has 0 bridgehead atoms. The third-order valence-corrected chi connectivity index (χ3v) is 5.42. The highest BCUT2D eigenvalue weighted by molar-refractivity contribution is 6.03. The van der Waals surface area contributed by atoms with E-state index in [9.17, 15) is 9.59 Å². The third-order valence-electron chi connectivity index (χ3n) is 5.42. The van der Waals surface area contributed by atoms with Crippen molar-refractivity contribution < 1.29 is 14.7 Å². The van der Waals surface area contributed by atoms with Gasteiger partial charge in [-0.1, -0.05) is 38.0 Å². The van der Waals surface area contributed by atoms with Gasteiger partial charge in [-0.3, -0.25) is 14.6 Å². The molecular formula is C22H25NO3. The number of Topliss-reactive ketones (excluding diaryl/α,β-unsaturated/α-hetero) is 1. The van der Waals surface area contributed by atoms with Gasteiger partial charge in [0, 0.05) is 29.2 Å². The number of nitrogens with zero attached hydrogens (tertiary/aromatic N) is 1. The van der Waals surface area contributed by atoms with Crippen LogP contribution in [0.2, 0.25) is 0 Å². The number of carboxylic acid groups (broad SMARTS) is 1. The van der Waals surface area contributed by atoms with Crippen molar-refractivity contribution in [2.75, 3.05) is 0 Å². The summed E-state index contributed by atoms with van der Waals surface area (Å²) in [7, 11) is 0. The summed E-state index contributed by atoms with van der Waals surface area (Å²) >= 11 is 0. The highest BCUT2D eigenvalue weighted by Gasteiger charge is 2.37. The second kappa shape index (κ2) is 7.81. The first-order chi connectivity index (χ1) is 12.5. The second-order valence-corrected chi connectivity index (χ2v) is 7.43. The number of hydrogen-bond acceptors (Lipinski definition) is 3. The second-order valence-electron chi connectivity index (χ2n) is 7.43. The number of pyridine rings is 1. The van der Waals surface area contributed by atoms with E-state index in [1.54, 1.807) is 6.20 Å². The fourth-order valence-corrected chi connectivity index (χ4v) is 3.77. The number of unbranched alkanes of at least 4 members (excludes halogenated alkanes) is 2. The van der Waals surface area contributed by atoms with E-state index in [2.05, 4.69) is 18.0 Å². The molecule has 4 nitrogen and oxygen atoms in total. The van der Waals surface area contributed by atoms with Crippen LogP contribution in [0.15, 0.2) is 42.6 Å². The van der Waals surface area contributed by atoms with Gasteiger partial charge >= 0.3 is 5.97 Å². The number of hydrogen-bond donors (Lipinski definition) is 1. The smallest absolute Gasteiger partial charge is 0.303 e. The molecule has 0 aliphatic heterocycles. The van der Waals surface area contributed by atoms with Crippen molar-refractivity contribution in [2.24, 2.45) is 5.41 Å². The van der Waals surface area contributed by atoms with E-state index in [0.717, 1.165) is 54.5 Å². The molecular weight excluding hydrogens is 326 g/mol. The normalized spacial score (nSPS) is 19.2. The Bertz CT molecular complexity index is 800. The lowest BCUT2D eigenvalue weighted by Gasteiger charge is -2.33. The lowest BCUT2D eigenvalue weighted by molar-refractivity contribution is -0.137. The van der Waals surface area contributed by atoms with E-state index in [-0.39, 0.29) is 17.6 Å². The highest BCUT2D eigenvalue weighted by atomic mass is 16.4. The molecule has 1 atom stereocenters. The Hall–Kier alpha value is -2.49. The Labute approximate surface area is 154 Å². The molecule has 0 fully saturated rings. The van der Waals surface area contributed by atoms with Crippen LogP contribution >= 0.6 is 0 Å². The number of aromatic nitrogens is 1. The number of carbonyl (C=O) groups excluding carboxylic acids is 1. The van der Waals surface area contributed by atoms with Crippen LogP contribution in [0.25, 0.3) is 11.3 Å². The number of aliphatic carboxylic acids is 1. The molecule has 26 heavy (non-hydrogen) atoms. The summed E-state index contributed by atoms with van der Waals surface area (Å²) in [6.45, 7) is 2.06. The summed E-state index contributed by atoms with van der Waals surface area (Å²) in [5, 5.41) is 8.71. The molecule has 0 saturated heterocycles. The lowest BCUT2D eigenvalue weighted by Crippen LogP contribution is -2.33. The van der Waals surface area contributed by atoms with Crippen molar-refractivity contribution >= 4 is 11.8 Å².